The summed E-state index contributed by atoms with van der Waals surface area (Å²) in [5.74, 6) is 0.676. The zero-order valence-electron chi connectivity index (χ0n) is 11.4. The Morgan fingerprint density at radius 3 is 2.78 bits per heavy atom. The molecule has 0 aliphatic carbocycles. The van der Waals surface area contributed by atoms with Crippen LogP contribution in [0.4, 0.5) is 11.5 Å². The van der Waals surface area contributed by atoms with Gasteiger partial charge >= 0.3 is 5.97 Å². The summed E-state index contributed by atoms with van der Waals surface area (Å²) in [5.41, 5.74) is 0.852. The Bertz CT molecular complexity index is 394. The van der Waals surface area contributed by atoms with Gasteiger partial charge < -0.3 is 15.4 Å². The van der Waals surface area contributed by atoms with Crippen molar-refractivity contribution in [1.29, 1.82) is 0 Å². The molecular weight excluding hydrogens is 230 g/mol. The number of aromatic nitrogens is 1. The fraction of sp³-hybridized carbons (Fsp3) is 0.538. The van der Waals surface area contributed by atoms with Gasteiger partial charge in [-0.3, -0.25) is 0 Å². The fourth-order valence-corrected chi connectivity index (χ4v) is 1.60. The molecule has 0 aromatic carbocycles. The van der Waals surface area contributed by atoms with E-state index in [9.17, 15) is 4.79 Å². The van der Waals surface area contributed by atoms with Crippen molar-refractivity contribution in [3.63, 3.8) is 0 Å². The van der Waals surface area contributed by atoms with Crippen molar-refractivity contribution < 1.29 is 9.53 Å². The minimum absolute atomic E-state index is 0.146. The van der Waals surface area contributed by atoms with Gasteiger partial charge in [-0.1, -0.05) is 13.8 Å². The van der Waals surface area contributed by atoms with Gasteiger partial charge in [-0.2, -0.15) is 0 Å². The Morgan fingerprint density at radius 2 is 2.22 bits per heavy atom. The molecule has 1 aromatic rings. The van der Waals surface area contributed by atoms with E-state index in [1.165, 1.54) is 7.11 Å². The Hall–Kier alpha value is -1.78. The van der Waals surface area contributed by atoms with Gasteiger partial charge in [-0.15, -0.1) is 0 Å². The number of nitrogens with zero attached hydrogens (tertiary/aromatic N) is 1. The number of anilines is 2. The predicted molar refractivity (Wildman–Crippen MR) is 72.7 cm³/mol. The molecule has 0 fully saturated rings. The van der Waals surface area contributed by atoms with Crippen molar-refractivity contribution in [1.82, 2.24) is 4.98 Å². The summed E-state index contributed by atoms with van der Waals surface area (Å²) in [6.45, 7) is 6.76. The summed E-state index contributed by atoms with van der Waals surface area (Å²) < 4.78 is 4.79. The lowest BCUT2D eigenvalue weighted by Crippen LogP contribution is -2.35. The quantitative estimate of drug-likeness (QED) is 0.758. The summed E-state index contributed by atoms with van der Waals surface area (Å²) in [6.07, 6.45) is 1.70. The molecule has 5 heteroatoms. The first-order chi connectivity index (χ1) is 8.58. The van der Waals surface area contributed by atoms with Crippen LogP contribution in [0.25, 0.3) is 0 Å². The number of rotatable bonds is 6. The molecule has 1 unspecified atom stereocenters. The van der Waals surface area contributed by atoms with Gasteiger partial charge in [0.05, 0.1) is 7.11 Å². The normalized spacial score (nSPS) is 12.1. The van der Waals surface area contributed by atoms with Crippen LogP contribution in [0.5, 0.6) is 0 Å². The van der Waals surface area contributed by atoms with Crippen LogP contribution in [-0.4, -0.2) is 30.6 Å². The molecule has 100 valence electrons. The topological polar surface area (TPSA) is 63.2 Å². The third kappa shape index (κ3) is 3.91. The van der Waals surface area contributed by atoms with Crippen molar-refractivity contribution in [2.75, 3.05) is 24.3 Å². The van der Waals surface area contributed by atoms with E-state index >= 15 is 0 Å². The van der Waals surface area contributed by atoms with Gasteiger partial charge in [0.1, 0.15) is 11.9 Å². The Labute approximate surface area is 108 Å². The maximum atomic E-state index is 11.7. The van der Waals surface area contributed by atoms with Gasteiger partial charge in [-0.25, -0.2) is 9.78 Å². The van der Waals surface area contributed by atoms with Gasteiger partial charge in [0.25, 0.3) is 0 Å². The predicted octanol–water partition coefficient (Wildman–Crippen LogP) is 2.12. The number of pyridine rings is 1. The van der Waals surface area contributed by atoms with Gasteiger partial charge in [0.2, 0.25) is 0 Å². The number of hydrogen-bond acceptors (Lipinski definition) is 5. The maximum Gasteiger partial charge on any atom is 0.328 e. The van der Waals surface area contributed by atoms with E-state index in [0.29, 0.717) is 0 Å². The highest BCUT2D eigenvalue weighted by Gasteiger charge is 2.22. The first-order valence-corrected chi connectivity index (χ1v) is 6.12. The zero-order chi connectivity index (χ0) is 13.5. The molecule has 0 amide bonds. The van der Waals surface area contributed by atoms with Gasteiger partial charge in [-0.05, 0) is 18.9 Å². The van der Waals surface area contributed by atoms with Crippen molar-refractivity contribution in [3.05, 3.63) is 18.3 Å². The summed E-state index contributed by atoms with van der Waals surface area (Å²) >= 11 is 0. The summed E-state index contributed by atoms with van der Waals surface area (Å²) in [6, 6.07) is 3.35. The Balaban J connectivity index is 2.80. The van der Waals surface area contributed by atoms with Crippen LogP contribution in [0.1, 0.15) is 20.8 Å². The SMILES string of the molecule is CCNc1cc(NC(C(=O)OC)C(C)C)ccn1. The smallest absolute Gasteiger partial charge is 0.328 e. The first kappa shape index (κ1) is 14.3. The number of carbonyl (C=O) groups is 1. The molecule has 18 heavy (non-hydrogen) atoms. The summed E-state index contributed by atoms with van der Waals surface area (Å²) in [4.78, 5) is 15.8. The molecule has 0 bridgehead atoms. The van der Waals surface area contributed by atoms with Crippen LogP contribution in [0, 0.1) is 5.92 Å². The monoisotopic (exact) mass is 251 g/mol. The lowest BCUT2D eigenvalue weighted by atomic mass is 10.0. The second kappa shape index (κ2) is 6.83. The van der Waals surface area contributed by atoms with Crippen molar-refractivity contribution in [3.8, 4) is 0 Å². The van der Waals surface area contributed by atoms with Crippen molar-refractivity contribution in [2.45, 2.75) is 26.8 Å². The molecule has 1 heterocycles. The van der Waals surface area contributed by atoms with Crippen LogP contribution in [-0.2, 0) is 9.53 Å². The van der Waals surface area contributed by atoms with Crippen molar-refractivity contribution in [2.24, 2.45) is 5.92 Å². The minimum atomic E-state index is -0.355. The highest BCUT2D eigenvalue weighted by atomic mass is 16.5. The minimum Gasteiger partial charge on any atom is -0.467 e. The molecule has 2 N–H and O–H groups in total. The standard InChI is InChI=1S/C13H21N3O2/c1-5-14-11-8-10(6-7-15-11)16-12(9(2)3)13(17)18-4/h6-9,12H,5H2,1-4H3,(H2,14,15,16). The second-order valence-corrected chi connectivity index (χ2v) is 4.35. The highest BCUT2D eigenvalue weighted by molar-refractivity contribution is 5.79. The number of esters is 1. The van der Waals surface area contributed by atoms with E-state index in [2.05, 4.69) is 15.6 Å². The number of methoxy groups -OCH3 is 1. The first-order valence-electron chi connectivity index (χ1n) is 6.12. The Kier molecular flexibility index (Phi) is 5.42. The third-order valence-electron chi connectivity index (χ3n) is 2.56. The molecule has 5 nitrogen and oxygen atoms in total. The van der Waals surface area contributed by atoms with E-state index in [4.69, 9.17) is 4.74 Å². The molecule has 0 saturated carbocycles. The van der Waals surface area contributed by atoms with Crippen LogP contribution in [0.15, 0.2) is 18.3 Å². The van der Waals surface area contributed by atoms with E-state index in [-0.39, 0.29) is 17.9 Å². The summed E-state index contributed by atoms with van der Waals surface area (Å²) in [5, 5.41) is 6.30. The molecular formula is C13H21N3O2. The number of hydrogen-bond donors (Lipinski definition) is 2. The van der Waals surface area contributed by atoms with Crippen LogP contribution >= 0.6 is 0 Å². The fourth-order valence-electron chi connectivity index (χ4n) is 1.60. The van der Waals surface area contributed by atoms with Gasteiger partial charge in [0, 0.05) is 24.5 Å². The number of nitrogens with one attached hydrogen (secondary N) is 2. The lowest BCUT2D eigenvalue weighted by Gasteiger charge is -2.21. The molecule has 1 aromatic heterocycles. The average molecular weight is 251 g/mol. The average Bonchev–Trinajstić information content (AvgIpc) is 2.35. The lowest BCUT2D eigenvalue weighted by molar-refractivity contribution is -0.142. The van der Waals surface area contributed by atoms with Gasteiger partial charge in [0.15, 0.2) is 0 Å². The van der Waals surface area contributed by atoms with E-state index in [1.54, 1.807) is 6.20 Å². The third-order valence-corrected chi connectivity index (χ3v) is 2.56. The van der Waals surface area contributed by atoms with E-state index in [0.717, 1.165) is 18.1 Å². The molecule has 0 aliphatic rings. The highest BCUT2D eigenvalue weighted by Crippen LogP contribution is 2.16. The van der Waals surface area contributed by atoms with Crippen LogP contribution < -0.4 is 10.6 Å². The molecule has 0 radical (unpaired) electrons. The molecule has 0 aliphatic heterocycles. The molecule has 1 atom stereocenters. The van der Waals surface area contributed by atoms with E-state index in [1.807, 2.05) is 32.9 Å². The van der Waals surface area contributed by atoms with Crippen LogP contribution in [0.3, 0.4) is 0 Å². The largest absolute Gasteiger partial charge is 0.467 e. The molecule has 0 saturated heterocycles. The number of ether oxygens (including phenoxy) is 1. The zero-order valence-corrected chi connectivity index (χ0v) is 11.4. The molecule has 0 spiro atoms. The second-order valence-electron chi connectivity index (χ2n) is 4.35. The van der Waals surface area contributed by atoms with E-state index < -0.39 is 0 Å². The molecule has 1 rings (SSSR count). The van der Waals surface area contributed by atoms with Crippen molar-refractivity contribution >= 4 is 17.5 Å². The van der Waals surface area contributed by atoms with Crippen LogP contribution in [0.2, 0.25) is 0 Å². The maximum absolute atomic E-state index is 11.7. The Morgan fingerprint density at radius 1 is 1.50 bits per heavy atom. The summed E-state index contributed by atoms with van der Waals surface area (Å²) in [7, 11) is 1.40. The number of carbonyl (C=O) groups excluding carboxylic acids is 1.